The number of aliphatic hydroxyl groups excluding tert-OH is 4. The van der Waals surface area contributed by atoms with Crippen molar-refractivity contribution in [2.45, 2.75) is 37.1 Å². The highest BCUT2D eigenvalue weighted by atomic mass is 16.7. The maximum Gasteiger partial charge on any atom is 0.186 e. The van der Waals surface area contributed by atoms with E-state index in [0.29, 0.717) is 13.0 Å². The van der Waals surface area contributed by atoms with Crippen molar-refractivity contribution in [1.29, 1.82) is 0 Å². The molecule has 0 aliphatic carbocycles. The highest BCUT2D eigenvalue weighted by Gasteiger charge is 2.43. The predicted octanol–water partition coefficient (Wildman–Crippen LogP) is -2.85. The van der Waals surface area contributed by atoms with Crippen LogP contribution in [0.25, 0.3) is 0 Å². The maximum atomic E-state index is 9.55. The summed E-state index contributed by atoms with van der Waals surface area (Å²) >= 11 is 0. The van der Waals surface area contributed by atoms with Gasteiger partial charge in [-0.3, -0.25) is 0 Å². The van der Waals surface area contributed by atoms with E-state index >= 15 is 0 Å². The Kier molecular flexibility index (Phi) is 5.56. The Bertz CT molecular complexity index is 202. The van der Waals surface area contributed by atoms with E-state index in [1.807, 2.05) is 0 Å². The third-order valence-corrected chi connectivity index (χ3v) is 2.48. The van der Waals surface area contributed by atoms with Crippen molar-refractivity contribution in [3.05, 3.63) is 0 Å². The first kappa shape index (κ1) is 13.8. The third-order valence-electron chi connectivity index (χ3n) is 2.48. The van der Waals surface area contributed by atoms with Crippen LogP contribution in [-0.4, -0.2) is 70.9 Å². The fourth-order valence-electron chi connectivity index (χ4n) is 1.49. The number of nitrogens with two attached hydrogens (primary N) is 1. The largest absolute Gasteiger partial charge is 0.394 e. The summed E-state index contributed by atoms with van der Waals surface area (Å²) in [6, 6.07) is 0. The van der Waals surface area contributed by atoms with E-state index in [1.54, 1.807) is 0 Å². The van der Waals surface area contributed by atoms with Crippen LogP contribution in [0.2, 0.25) is 0 Å². The Labute approximate surface area is 93.4 Å². The van der Waals surface area contributed by atoms with Gasteiger partial charge in [-0.2, -0.15) is 0 Å². The van der Waals surface area contributed by atoms with Crippen molar-refractivity contribution in [3.8, 4) is 0 Å². The summed E-state index contributed by atoms with van der Waals surface area (Å²) in [7, 11) is 0. The Morgan fingerprint density at radius 2 is 1.81 bits per heavy atom. The van der Waals surface area contributed by atoms with Gasteiger partial charge in [0, 0.05) is 0 Å². The number of ether oxygens (including phenoxy) is 2. The van der Waals surface area contributed by atoms with Gasteiger partial charge in [-0.1, -0.05) is 0 Å². The Morgan fingerprint density at radius 3 is 2.38 bits per heavy atom. The molecule has 1 rings (SSSR count). The first-order chi connectivity index (χ1) is 7.61. The molecule has 1 unspecified atom stereocenters. The van der Waals surface area contributed by atoms with E-state index in [2.05, 4.69) is 0 Å². The normalized spacial score (nSPS) is 39.9. The smallest absolute Gasteiger partial charge is 0.186 e. The summed E-state index contributed by atoms with van der Waals surface area (Å²) in [5.41, 5.74) is 5.27. The van der Waals surface area contributed by atoms with Crippen LogP contribution in [0.3, 0.4) is 0 Å². The molecule has 1 fully saturated rings. The highest BCUT2D eigenvalue weighted by molar-refractivity contribution is 4.88. The van der Waals surface area contributed by atoms with E-state index in [9.17, 15) is 15.3 Å². The lowest BCUT2D eigenvalue weighted by atomic mass is 9.99. The molecule has 5 atom stereocenters. The maximum absolute atomic E-state index is 9.55. The van der Waals surface area contributed by atoms with Gasteiger partial charge in [0.1, 0.15) is 24.4 Å². The molecule has 1 saturated heterocycles. The monoisotopic (exact) mass is 237 g/mol. The third kappa shape index (κ3) is 3.11. The van der Waals surface area contributed by atoms with E-state index in [4.69, 9.17) is 20.3 Å². The minimum Gasteiger partial charge on any atom is -0.394 e. The zero-order valence-corrected chi connectivity index (χ0v) is 8.90. The minimum absolute atomic E-state index is 0.277. The Hall–Kier alpha value is -0.280. The molecule has 0 radical (unpaired) electrons. The summed E-state index contributed by atoms with van der Waals surface area (Å²) < 4.78 is 10.3. The fourth-order valence-corrected chi connectivity index (χ4v) is 1.49. The molecule has 1 aliphatic rings. The zero-order chi connectivity index (χ0) is 12.1. The molecule has 7 nitrogen and oxygen atoms in total. The molecular weight excluding hydrogens is 218 g/mol. The second-order valence-electron chi connectivity index (χ2n) is 3.71. The molecule has 0 bridgehead atoms. The number of aliphatic hydroxyl groups is 4. The topological polar surface area (TPSA) is 125 Å². The first-order valence-corrected chi connectivity index (χ1v) is 5.24. The molecule has 0 aromatic carbocycles. The second kappa shape index (κ2) is 6.45. The van der Waals surface area contributed by atoms with Gasteiger partial charge in [0.25, 0.3) is 0 Å². The van der Waals surface area contributed by atoms with Gasteiger partial charge in [-0.05, 0) is 13.0 Å². The van der Waals surface area contributed by atoms with Crippen LogP contribution >= 0.6 is 0 Å². The van der Waals surface area contributed by atoms with Crippen LogP contribution in [0.1, 0.15) is 6.42 Å². The van der Waals surface area contributed by atoms with Crippen LogP contribution in [-0.2, 0) is 9.47 Å². The van der Waals surface area contributed by atoms with Crippen molar-refractivity contribution in [2.75, 3.05) is 19.8 Å². The number of hydrogen-bond donors (Lipinski definition) is 5. The van der Waals surface area contributed by atoms with Gasteiger partial charge in [0.15, 0.2) is 6.29 Å². The molecule has 7 heteroatoms. The molecule has 0 spiro atoms. The number of rotatable bonds is 5. The average Bonchev–Trinajstić information content (AvgIpc) is 2.29. The second-order valence-corrected chi connectivity index (χ2v) is 3.71. The van der Waals surface area contributed by atoms with Crippen molar-refractivity contribution >= 4 is 0 Å². The van der Waals surface area contributed by atoms with Crippen LogP contribution in [0.4, 0.5) is 0 Å². The van der Waals surface area contributed by atoms with Crippen LogP contribution < -0.4 is 5.73 Å². The summed E-state index contributed by atoms with van der Waals surface area (Å²) in [4.78, 5) is 0. The van der Waals surface area contributed by atoms with Gasteiger partial charge in [0.2, 0.25) is 0 Å². The van der Waals surface area contributed by atoms with Gasteiger partial charge < -0.3 is 35.6 Å². The molecule has 1 heterocycles. The minimum atomic E-state index is -1.39. The lowest BCUT2D eigenvalue weighted by Gasteiger charge is -2.39. The molecule has 0 amide bonds. The molecule has 16 heavy (non-hydrogen) atoms. The van der Waals surface area contributed by atoms with E-state index in [1.165, 1.54) is 0 Å². The van der Waals surface area contributed by atoms with E-state index in [-0.39, 0.29) is 6.61 Å². The zero-order valence-electron chi connectivity index (χ0n) is 8.90. The molecule has 96 valence electrons. The molecule has 0 aromatic heterocycles. The summed E-state index contributed by atoms with van der Waals surface area (Å²) in [6.45, 7) is 0.262. The highest BCUT2D eigenvalue weighted by Crippen LogP contribution is 2.21. The summed E-state index contributed by atoms with van der Waals surface area (Å²) in [6.07, 6.45) is -5.48. The SMILES string of the molecule is NCCCO[C@@H]1OC(CO)[C@@H](O)[C@H](O)[C@H]1O. The van der Waals surface area contributed by atoms with Gasteiger partial charge >= 0.3 is 0 Å². The fraction of sp³-hybridized carbons (Fsp3) is 1.00. The summed E-state index contributed by atoms with van der Waals surface area (Å²) in [5.74, 6) is 0. The molecular formula is C9H19NO6. The van der Waals surface area contributed by atoms with Crippen molar-refractivity contribution in [2.24, 2.45) is 5.73 Å². The van der Waals surface area contributed by atoms with Gasteiger partial charge in [0.05, 0.1) is 13.2 Å². The number of hydrogen-bond acceptors (Lipinski definition) is 7. The van der Waals surface area contributed by atoms with Crippen LogP contribution in [0, 0.1) is 0 Å². The van der Waals surface area contributed by atoms with Gasteiger partial charge in [-0.15, -0.1) is 0 Å². The van der Waals surface area contributed by atoms with E-state index < -0.39 is 37.3 Å². The molecule has 0 saturated carbocycles. The van der Waals surface area contributed by atoms with Gasteiger partial charge in [-0.25, -0.2) is 0 Å². The van der Waals surface area contributed by atoms with E-state index in [0.717, 1.165) is 0 Å². The predicted molar refractivity (Wildman–Crippen MR) is 53.4 cm³/mol. The van der Waals surface area contributed by atoms with Crippen LogP contribution in [0.15, 0.2) is 0 Å². The quantitative estimate of drug-likeness (QED) is 0.326. The molecule has 1 aliphatic heterocycles. The Morgan fingerprint density at radius 1 is 1.12 bits per heavy atom. The van der Waals surface area contributed by atoms with Crippen molar-refractivity contribution in [3.63, 3.8) is 0 Å². The Balaban J connectivity index is 2.50. The standard InChI is InChI=1S/C9H19NO6/c10-2-1-3-15-9-8(14)7(13)6(12)5(4-11)16-9/h5-9,11-14H,1-4,10H2/t5?,6-,7+,8-,9-/m1/s1. The molecule has 6 N–H and O–H groups in total. The summed E-state index contributed by atoms with van der Waals surface area (Å²) in [5, 5.41) is 37.4. The lowest BCUT2D eigenvalue weighted by molar-refractivity contribution is -0.301. The molecule has 0 aromatic rings. The van der Waals surface area contributed by atoms with Crippen LogP contribution in [0.5, 0.6) is 0 Å². The first-order valence-electron chi connectivity index (χ1n) is 5.24. The van der Waals surface area contributed by atoms with Crippen molar-refractivity contribution in [1.82, 2.24) is 0 Å². The average molecular weight is 237 g/mol. The lowest BCUT2D eigenvalue weighted by Crippen LogP contribution is -2.59. The van der Waals surface area contributed by atoms with Crippen molar-refractivity contribution < 1.29 is 29.9 Å².